The molecule has 1 aliphatic rings. The summed E-state index contributed by atoms with van der Waals surface area (Å²) in [5, 5.41) is 5.65. The number of imidazole rings is 1. The molecular formula is C17H19ClN4S. The van der Waals surface area contributed by atoms with E-state index in [0.29, 0.717) is 6.04 Å². The first-order valence-electron chi connectivity index (χ1n) is 8.08. The summed E-state index contributed by atoms with van der Waals surface area (Å²) in [6, 6.07) is 4.23. The van der Waals surface area contributed by atoms with Gasteiger partial charge in [0.15, 0.2) is 0 Å². The molecule has 3 aromatic rings. The molecule has 1 atom stereocenters. The first-order valence-corrected chi connectivity index (χ1v) is 9.27. The van der Waals surface area contributed by atoms with Gasteiger partial charge in [-0.1, -0.05) is 18.5 Å². The van der Waals surface area contributed by atoms with Crippen LogP contribution in [0.15, 0.2) is 24.5 Å². The number of thiazole rings is 1. The molecular weight excluding hydrogens is 328 g/mol. The van der Waals surface area contributed by atoms with E-state index in [0.717, 1.165) is 35.8 Å². The van der Waals surface area contributed by atoms with Crippen LogP contribution in [0.5, 0.6) is 0 Å². The van der Waals surface area contributed by atoms with Crippen molar-refractivity contribution in [3.05, 3.63) is 50.8 Å². The maximum atomic E-state index is 6.03. The van der Waals surface area contributed by atoms with Crippen LogP contribution >= 0.6 is 22.9 Å². The Kier molecular flexibility index (Phi) is 4.09. The molecule has 4 rings (SSSR count). The van der Waals surface area contributed by atoms with Crippen molar-refractivity contribution in [3.63, 3.8) is 0 Å². The Morgan fingerprint density at radius 1 is 1.35 bits per heavy atom. The second-order valence-corrected chi connectivity index (χ2v) is 7.49. The monoisotopic (exact) mass is 346 g/mol. The molecule has 4 nitrogen and oxygen atoms in total. The van der Waals surface area contributed by atoms with E-state index in [4.69, 9.17) is 16.6 Å². The number of aryl methyl sites for hydroxylation is 2. The molecule has 0 aliphatic heterocycles. The van der Waals surface area contributed by atoms with Crippen LogP contribution in [0.3, 0.4) is 0 Å². The molecule has 6 heteroatoms. The van der Waals surface area contributed by atoms with Gasteiger partial charge in [-0.3, -0.25) is 0 Å². The lowest BCUT2D eigenvalue weighted by Gasteiger charge is -2.22. The molecule has 0 amide bonds. The smallest absolute Gasteiger partial charge is 0.137 e. The van der Waals surface area contributed by atoms with Gasteiger partial charge in [0, 0.05) is 29.9 Å². The van der Waals surface area contributed by atoms with Crippen molar-refractivity contribution in [3.8, 4) is 0 Å². The van der Waals surface area contributed by atoms with Gasteiger partial charge in [0.2, 0.25) is 0 Å². The van der Waals surface area contributed by atoms with Gasteiger partial charge in [-0.05, 0) is 37.8 Å². The molecule has 3 aromatic heterocycles. The average Bonchev–Trinajstić information content (AvgIpc) is 3.15. The van der Waals surface area contributed by atoms with Gasteiger partial charge in [-0.15, -0.1) is 11.3 Å². The average molecular weight is 347 g/mol. The molecule has 0 spiro atoms. The number of aromatic nitrogens is 3. The summed E-state index contributed by atoms with van der Waals surface area (Å²) in [5.74, 6) is 0. The molecule has 3 heterocycles. The highest BCUT2D eigenvalue weighted by molar-refractivity contribution is 7.11. The Balaban J connectivity index is 1.51. The fraction of sp³-hybridized carbons (Fsp3) is 0.412. The summed E-state index contributed by atoms with van der Waals surface area (Å²) in [4.78, 5) is 10.8. The van der Waals surface area contributed by atoms with Gasteiger partial charge < -0.3 is 9.72 Å². The lowest BCUT2D eigenvalue weighted by Crippen LogP contribution is -2.23. The lowest BCUT2D eigenvalue weighted by molar-refractivity contribution is 0.461. The molecule has 1 N–H and O–H groups in total. The Bertz CT molecular complexity index is 838. The summed E-state index contributed by atoms with van der Waals surface area (Å²) < 4.78 is 1.98. The Hall–Kier alpha value is -1.43. The minimum absolute atomic E-state index is 0.407. The molecule has 120 valence electrons. The minimum Gasteiger partial charge on any atom is -0.305 e. The van der Waals surface area contributed by atoms with Crippen LogP contribution in [0.4, 0.5) is 0 Å². The van der Waals surface area contributed by atoms with Gasteiger partial charge in [0.05, 0.1) is 21.4 Å². The molecule has 0 saturated heterocycles. The van der Waals surface area contributed by atoms with Crippen LogP contribution in [-0.4, -0.2) is 14.4 Å². The van der Waals surface area contributed by atoms with E-state index in [-0.39, 0.29) is 0 Å². The van der Waals surface area contributed by atoms with Crippen LogP contribution in [0, 0.1) is 0 Å². The predicted molar refractivity (Wildman–Crippen MR) is 94.2 cm³/mol. The van der Waals surface area contributed by atoms with E-state index >= 15 is 0 Å². The van der Waals surface area contributed by atoms with Gasteiger partial charge in [-0.2, -0.15) is 0 Å². The third-order valence-electron chi connectivity index (χ3n) is 4.29. The normalized spacial score (nSPS) is 17.6. The lowest BCUT2D eigenvalue weighted by atomic mass is 9.98. The molecule has 0 saturated carbocycles. The number of fused-ring (bicyclic) bond motifs is 2. The molecule has 0 radical (unpaired) electrons. The van der Waals surface area contributed by atoms with Crippen molar-refractivity contribution in [1.82, 2.24) is 19.7 Å². The number of halogens is 1. The van der Waals surface area contributed by atoms with E-state index in [9.17, 15) is 0 Å². The van der Waals surface area contributed by atoms with Crippen LogP contribution < -0.4 is 5.32 Å². The molecule has 0 unspecified atom stereocenters. The van der Waals surface area contributed by atoms with Crippen molar-refractivity contribution in [2.24, 2.45) is 0 Å². The SMILES string of the molecule is CCc1nc2c(s1)[C@@H](NCc1cn3cc(Cl)ccc3n1)CCC2. The number of hydrogen-bond acceptors (Lipinski definition) is 4. The Morgan fingerprint density at radius 3 is 3.13 bits per heavy atom. The van der Waals surface area contributed by atoms with Crippen LogP contribution in [0.25, 0.3) is 5.65 Å². The first kappa shape index (κ1) is 15.1. The number of rotatable bonds is 4. The van der Waals surface area contributed by atoms with Crippen LogP contribution in [0.1, 0.15) is 47.1 Å². The molecule has 23 heavy (non-hydrogen) atoms. The van der Waals surface area contributed by atoms with Crippen LogP contribution in [-0.2, 0) is 19.4 Å². The summed E-state index contributed by atoms with van der Waals surface area (Å²) >= 11 is 7.90. The van der Waals surface area contributed by atoms with E-state index in [1.54, 1.807) is 0 Å². The van der Waals surface area contributed by atoms with Gasteiger partial charge in [-0.25, -0.2) is 9.97 Å². The van der Waals surface area contributed by atoms with Gasteiger partial charge in [0.25, 0.3) is 0 Å². The van der Waals surface area contributed by atoms with Crippen molar-refractivity contribution >= 4 is 28.6 Å². The minimum atomic E-state index is 0.407. The highest BCUT2D eigenvalue weighted by Gasteiger charge is 2.24. The zero-order valence-corrected chi connectivity index (χ0v) is 14.6. The first-order chi connectivity index (χ1) is 11.2. The maximum absolute atomic E-state index is 6.03. The van der Waals surface area contributed by atoms with Crippen molar-refractivity contribution in [1.29, 1.82) is 0 Å². The highest BCUT2D eigenvalue weighted by atomic mass is 35.5. The third kappa shape index (κ3) is 3.01. The van der Waals surface area contributed by atoms with Crippen molar-refractivity contribution in [2.45, 2.75) is 45.2 Å². The topological polar surface area (TPSA) is 42.2 Å². The second kappa shape index (κ2) is 6.23. The summed E-state index contributed by atoms with van der Waals surface area (Å²) in [6.45, 7) is 2.94. The quantitative estimate of drug-likeness (QED) is 0.770. The van der Waals surface area contributed by atoms with E-state index < -0.39 is 0 Å². The number of nitrogens with zero attached hydrogens (tertiary/aromatic N) is 3. The standard InChI is InChI=1S/C17H19ClN4S/c1-2-16-21-14-5-3-4-13(17(14)23-16)19-8-12-10-22-9-11(18)6-7-15(22)20-12/h6-7,9-10,13,19H,2-5,8H2,1H3/t13-/m0/s1. The Morgan fingerprint density at radius 2 is 2.26 bits per heavy atom. The molecule has 0 bridgehead atoms. The molecule has 1 aliphatic carbocycles. The predicted octanol–water partition coefficient (Wildman–Crippen LogP) is 4.17. The number of hydrogen-bond donors (Lipinski definition) is 1. The van der Waals surface area contributed by atoms with Crippen molar-refractivity contribution in [2.75, 3.05) is 0 Å². The fourth-order valence-electron chi connectivity index (χ4n) is 3.15. The van der Waals surface area contributed by atoms with Gasteiger partial charge in [0.1, 0.15) is 5.65 Å². The Labute approximate surface area is 144 Å². The number of pyridine rings is 1. The zero-order valence-electron chi connectivity index (χ0n) is 13.1. The summed E-state index contributed by atoms with van der Waals surface area (Å²) in [6.07, 6.45) is 8.47. The summed E-state index contributed by atoms with van der Waals surface area (Å²) in [7, 11) is 0. The van der Waals surface area contributed by atoms with Crippen LogP contribution in [0.2, 0.25) is 5.02 Å². The zero-order chi connectivity index (χ0) is 15.8. The maximum Gasteiger partial charge on any atom is 0.137 e. The summed E-state index contributed by atoms with van der Waals surface area (Å²) in [5.41, 5.74) is 3.28. The number of nitrogens with one attached hydrogen (secondary N) is 1. The fourth-order valence-corrected chi connectivity index (χ4v) is 4.48. The molecule has 0 aromatic carbocycles. The van der Waals surface area contributed by atoms with E-state index in [2.05, 4.69) is 17.2 Å². The van der Waals surface area contributed by atoms with E-state index in [1.807, 2.05) is 40.3 Å². The second-order valence-electron chi connectivity index (χ2n) is 5.94. The van der Waals surface area contributed by atoms with Gasteiger partial charge >= 0.3 is 0 Å². The third-order valence-corrected chi connectivity index (χ3v) is 5.87. The van der Waals surface area contributed by atoms with E-state index in [1.165, 1.54) is 28.4 Å². The van der Waals surface area contributed by atoms with Crippen molar-refractivity contribution < 1.29 is 0 Å². The molecule has 0 fully saturated rings. The highest BCUT2D eigenvalue weighted by Crippen LogP contribution is 2.34. The largest absolute Gasteiger partial charge is 0.305 e.